The van der Waals surface area contributed by atoms with Gasteiger partial charge in [-0.05, 0) is 50.4 Å². The van der Waals surface area contributed by atoms with Gasteiger partial charge in [0.25, 0.3) is 5.91 Å². The van der Waals surface area contributed by atoms with Crippen LogP contribution in [0.2, 0.25) is 0 Å². The van der Waals surface area contributed by atoms with Crippen LogP contribution >= 0.6 is 0 Å². The van der Waals surface area contributed by atoms with Crippen molar-refractivity contribution in [3.63, 3.8) is 0 Å². The highest BCUT2D eigenvalue weighted by Crippen LogP contribution is 2.58. The number of piperidine rings is 1. The van der Waals surface area contributed by atoms with E-state index < -0.39 is 5.82 Å². The normalized spacial score (nSPS) is 22.5. The Bertz CT molecular complexity index is 1370. The fourth-order valence-corrected chi connectivity index (χ4v) is 5.09. The molecule has 6 rings (SSSR count). The van der Waals surface area contributed by atoms with E-state index >= 15 is 0 Å². The Morgan fingerprint density at radius 2 is 2.10 bits per heavy atom. The number of nitrogens with one attached hydrogen (secondary N) is 2. The van der Waals surface area contributed by atoms with Gasteiger partial charge in [0.2, 0.25) is 0 Å². The molecular formula is C23H21FN6O. The second-order valence-electron chi connectivity index (χ2n) is 8.57. The van der Waals surface area contributed by atoms with E-state index in [0.717, 1.165) is 31.4 Å². The van der Waals surface area contributed by atoms with Gasteiger partial charge in [0.15, 0.2) is 11.5 Å². The summed E-state index contributed by atoms with van der Waals surface area (Å²) in [5.41, 5.74) is 4.40. The number of carbonyl (C=O) groups excluding carboxylic acids is 1. The fourth-order valence-electron chi connectivity index (χ4n) is 5.09. The Balaban J connectivity index is 1.38. The predicted molar refractivity (Wildman–Crippen MR) is 115 cm³/mol. The molecule has 0 radical (unpaired) electrons. The number of rotatable bonds is 3. The van der Waals surface area contributed by atoms with E-state index in [-0.39, 0.29) is 17.0 Å². The molecule has 156 valence electrons. The minimum Gasteiger partial charge on any atom is -0.320 e. The molecule has 31 heavy (non-hydrogen) atoms. The third kappa shape index (κ3) is 2.82. The topological polar surface area (TPSA) is 84.2 Å². The summed E-state index contributed by atoms with van der Waals surface area (Å²) in [6.45, 7) is 3.80. The molecule has 1 aliphatic carbocycles. The molecule has 8 heteroatoms. The number of aromatic nitrogens is 4. The third-order valence-electron chi connectivity index (χ3n) is 6.66. The highest BCUT2D eigenvalue weighted by atomic mass is 19.1. The molecule has 1 saturated heterocycles. The lowest BCUT2D eigenvalue weighted by Crippen LogP contribution is -2.31. The standard InChI is InChI=1S/C23H21FN6O/c1-13-11-30-12-15(8-18(24)21(30)28-13)29-22(31)16-2-3-17(20-19(16)26-6-7-27-20)23-4-5-25-10-14(23)9-23/h2-3,6-8,11-12,14,25H,4-5,9-10H2,1H3,(H,29,31)/t14?,23-/m0/s1. The van der Waals surface area contributed by atoms with Crippen LogP contribution in [-0.4, -0.2) is 38.3 Å². The minimum absolute atomic E-state index is 0.141. The Hall–Kier alpha value is -3.39. The summed E-state index contributed by atoms with van der Waals surface area (Å²) >= 11 is 0. The monoisotopic (exact) mass is 416 g/mol. The van der Waals surface area contributed by atoms with Crippen molar-refractivity contribution < 1.29 is 9.18 Å². The average molecular weight is 416 g/mol. The van der Waals surface area contributed by atoms with Crippen LogP contribution in [0.4, 0.5) is 10.1 Å². The van der Waals surface area contributed by atoms with Crippen LogP contribution in [0, 0.1) is 18.7 Å². The summed E-state index contributed by atoms with van der Waals surface area (Å²) in [6, 6.07) is 5.13. The SMILES string of the molecule is Cc1cn2cc(NC(=O)c3ccc([C@]45CCNCC4C5)c4nccnc34)cc(F)c2n1. The summed E-state index contributed by atoms with van der Waals surface area (Å²) in [5, 5.41) is 6.26. The van der Waals surface area contributed by atoms with Gasteiger partial charge in [0.05, 0.1) is 22.5 Å². The number of anilines is 1. The van der Waals surface area contributed by atoms with Crippen molar-refractivity contribution in [1.29, 1.82) is 0 Å². The molecule has 3 aromatic heterocycles. The zero-order valence-electron chi connectivity index (χ0n) is 17.0. The molecular weight excluding hydrogens is 395 g/mol. The molecule has 1 aromatic carbocycles. The maximum Gasteiger partial charge on any atom is 0.257 e. The second kappa shape index (κ2) is 6.55. The van der Waals surface area contributed by atoms with Crippen LogP contribution < -0.4 is 10.6 Å². The van der Waals surface area contributed by atoms with Crippen molar-refractivity contribution in [3.8, 4) is 0 Å². The van der Waals surface area contributed by atoms with Crippen LogP contribution in [0.15, 0.2) is 43.0 Å². The molecule has 0 bridgehead atoms. The number of aryl methyl sites for hydroxylation is 1. The van der Waals surface area contributed by atoms with E-state index in [1.807, 2.05) is 12.1 Å². The number of halogens is 1. The molecule has 7 nitrogen and oxygen atoms in total. The third-order valence-corrected chi connectivity index (χ3v) is 6.66. The van der Waals surface area contributed by atoms with Gasteiger partial charge in [-0.2, -0.15) is 0 Å². The summed E-state index contributed by atoms with van der Waals surface area (Å²) in [4.78, 5) is 26.4. The summed E-state index contributed by atoms with van der Waals surface area (Å²) in [7, 11) is 0. The van der Waals surface area contributed by atoms with Crippen LogP contribution in [0.25, 0.3) is 16.7 Å². The molecule has 2 aliphatic rings. The molecule has 0 spiro atoms. The molecule has 1 aliphatic heterocycles. The summed E-state index contributed by atoms with van der Waals surface area (Å²) in [5.74, 6) is -0.224. The molecule has 1 saturated carbocycles. The van der Waals surface area contributed by atoms with E-state index in [1.165, 1.54) is 11.6 Å². The maximum atomic E-state index is 14.4. The van der Waals surface area contributed by atoms with Gasteiger partial charge in [-0.25, -0.2) is 9.37 Å². The predicted octanol–water partition coefficient (Wildman–Crippen LogP) is 3.23. The lowest BCUT2D eigenvalue weighted by atomic mass is 9.86. The van der Waals surface area contributed by atoms with Crippen LogP contribution in [-0.2, 0) is 5.41 Å². The average Bonchev–Trinajstić information content (AvgIpc) is 3.40. The summed E-state index contributed by atoms with van der Waals surface area (Å²) < 4.78 is 16.0. The number of hydrogen-bond acceptors (Lipinski definition) is 5. The van der Waals surface area contributed by atoms with Gasteiger partial charge in [-0.3, -0.25) is 14.8 Å². The number of amides is 1. The first-order valence-corrected chi connectivity index (χ1v) is 10.5. The van der Waals surface area contributed by atoms with Crippen LogP contribution in [0.5, 0.6) is 0 Å². The van der Waals surface area contributed by atoms with E-state index in [9.17, 15) is 9.18 Å². The minimum atomic E-state index is -0.490. The molecule has 4 aromatic rings. The van der Waals surface area contributed by atoms with Gasteiger partial charge in [0.1, 0.15) is 5.52 Å². The number of pyridine rings is 1. The quantitative estimate of drug-likeness (QED) is 0.536. The Morgan fingerprint density at radius 3 is 2.94 bits per heavy atom. The number of carbonyl (C=O) groups is 1. The molecule has 1 amide bonds. The molecule has 2 N–H and O–H groups in total. The number of benzene rings is 1. The van der Waals surface area contributed by atoms with Gasteiger partial charge >= 0.3 is 0 Å². The number of imidazole rings is 1. The molecule has 4 heterocycles. The largest absolute Gasteiger partial charge is 0.320 e. The molecule has 1 unspecified atom stereocenters. The van der Waals surface area contributed by atoms with Gasteiger partial charge < -0.3 is 15.0 Å². The first-order chi connectivity index (χ1) is 15.0. The fraction of sp³-hybridized carbons (Fsp3) is 0.304. The van der Waals surface area contributed by atoms with Crippen molar-refractivity contribution in [3.05, 3.63) is 65.6 Å². The number of hydrogen-bond donors (Lipinski definition) is 2. The first-order valence-electron chi connectivity index (χ1n) is 10.5. The lowest BCUT2D eigenvalue weighted by Gasteiger charge is -2.24. The van der Waals surface area contributed by atoms with E-state index in [1.54, 1.807) is 36.1 Å². The van der Waals surface area contributed by atoms with E-state index in [0.29, 0.717) is 28.4 Å². The van der Waals surface area contributed by atoms with Crippen molar-refractivity contribution >= 4 is 28.3 Å². The summed E-state index contributed by atoms with van der Waals surface area (Å²) in [6.07, 6.45) is 8.86. The maximum absolute atomic E-state index is 14.4. The van der Waals surface area contributed by atoms with Gasteiger partial charge in [-0.1, -0.05) is 6.07 Å². The van der Waals surface area contributed by atoms with E-state index in [4.69, 9.17) is 0 Å². The molecule has 2 fully saturated rings. The van der Waals surface area contributed by atoms with Crippen molar-refractivity contribution in [2.75, 3.05) is 18.4 Å². The second-order valence-corrected chi connectivity index (χ2v) is 8.57. The van der Waals surface area contributed by atoms with Crippen LogP contribution in [0.3, 0.4) is 0 Å². The highest BCUT2D eigenvalue weighted by molar-refractivity contribution is 6.11. The Kier molecular flexibility index (Phi) is 3.89. The Morgan fingerprint density at radius 1 is 1.26 bits per heavy atom. The van der Waals surface area contributed by atoms with Crippen LogP contribution in [0.1, 0.15) is 34.5 Å². The van der Waals surface area contributed by atoms with Crippen molar-refractivity contribution in [1.82, 2.24) is 24.7 Å². The lowest BCUT2D eigenvalue weighted by molar-refractivity contribution is 0.102. The van der Waals surface area contributed by atoms with E-state index in [2.05, 4.69) is 25.6 Å². The Labute approximate surface area is 177 Å². The zero-order chi connectivity index (χ0) is 21.2. The highest BCUT2D eigenvalue weighted by Gasteiger charge is 2.56. The van der Waals surface area contributed by atoms with Crippen molar-refractivity contribution in [2.45, 2.75) is 25.2 Å². The zero-order valence-corrected chi connectivity index (χ0v) is 17.0. The number of fused-ring (bicyclic) bond motifs is 3. The van der Waals surface area contributed by atoms with Gasteiger partial charge in [0, 0.05) is 36.3 Å². The van der Waals surface area contributed by atoms with Gasteiger partial charge in [-0.15, -0.1) is 0 Å². The van der Waals surface area contributed by atoms with Crippen molar-refractivity contribution in [2.24, 2.45) is 5.92 Å². The number of nitrogens with zero attached hydrogens (tertiary/aromatic N) is 4. The molecule has 2 atom stereocenters. The smallest absolute Gasteiger partial charge is 0.257 e. The first kappa shape index (κ1) is 18.4.